The van der Waals surface area contributed by atoms with Crippen LogP contribution < -0.4 is 10.2 Å². The van der Waals surface area contributed by atoms with Crippen LogP contribution in [0.4, 0.5) is 29.3 Å². The number of fused-ring (bicyclic) bond motifs is 1. The molecule has 0 fully saturated rings. The van der Waals surface area contributed by atoms with Crippen molar-refractivity contribution in [3.05, 3.63) is 35.5 Å². The number of nitrogens with one attached hydrogen (secondary N) is 1. The normalized spacial score (nSPS) is 18.6. The molecular weight excluding hydrogens is 517 g/mol. The van der Waals surface area contributed by atoms with E-state index in [1.807, 2.05) is 13.8 Å². The van der Waals surface area contributed by atoms with Crippen molar-refractivity contribution < 1.29 is 37.1 Å². The molecule has 39 heavy (non-hydrogen) atoms. The number of hydrogen-bond donors (Lipinski definition) is 1. The average molecular weight is 555 g/mol. The highest BCUT2D eigenvalue weighted by Crippen LogP contribution is 2.44. The number of hydroxylamine groups is 2. The number of benzene rings is 1. The zero-order valence-corrected chi connectivity index (χ0v) is 22.6. The van der Waals surface area contributed by atoms with Gasteiger partial charge in [0.15, 0.2) is 0 Å². The number of unbranched alkanes of at least 4 members (excludes halogenated alkanes) is 1. The Balaban J connectivity index is 1.81. The van der Waals surface area contributed by atoms with Crippen LogP contribution in [0.5, 0.6) is 0 Å². The number of nitrogens with zero attached hydrogens (tertiary/aromatic N) is 3. The van der Waals surface area contributed by atoms with Gasteiger partial charge in [0, 0.05) is 24.9 Å². The van der Waals surface area contributed by atoms with Crippen LogP contribution in [0.3, 0.4) is 0 Å². The predicted octanol–water partition coefficient (Wildman–Crippen LogP) is 6.04. The number of halogens is 3. The summed E-state index contributed by atoms with van der Waals surface area (Å²) in [7, 11) is 0. The lowest BCUT2D eigenvalue weighted by Gasteiger charge is -2.38. The molecule has 2 heterocycles. The molecule has 2 atom stereocenters. The molecule has 2 aliphatic heterocycles. The Hall–Kier alpha value is -3.28. The van der Waals surface area contributed by atoms with E-state index in [-0.39, 0.29) is 37.3 Å². The van der Waals surface area contributed by atoms with Crippen molar-refractivity contribution in [1.82, 2.24) is 5.06 Å². The molecule has 0 aromatic heterocycles. The Morgan fingerprint density at radius 2 is 1.92 bits per heavy atom. The molecule has 0 radical (unpaired) electrons. The topological polar surface area (TPSA) is 92.7 Å². The fourth-order valence-electron chi connectivity index (χ4n) is 4.51. The molecule has 216 valence electrons. The summed E-state index contributed by atoms with van der Waals surface area (Å²) in [4.78, 5) is 36.1. The van der Waals surface area contributed by atoms with Gasteiger partial charge < -0.3 is 14.8 Å². The lowest BCUT2D eigenvalue weighted by atomic mass is 9.91. The molecule has 2 aliphatic rings. The predicted molar refractivity (Wildman–Crippen MR) is 141 cm³/mol. The van der Waals surface area contributed by atoms with Gasteiger partial charge in [0.1, 0.15) is 0 Å². The Morgan fingerprint density at radius 3 is 2.62 bits per heavy atom. The largest absolute Gasteiger partial charge is 0.466 e. The highest BCUT2D eigenvalue weighted by Gasteiger charge is 2.40. The van der Waals surface area contributed by atoms with E-state index < -0.39 is 24.1 Å². The second-order valence-electron chi connectivity index (χ2n) is 9.18. The minimum Gasteiger partial charge on any atom is -0.466 e. The third-order valence-corrected chi connectivity index (χ3v) is 6.47. The van der Waals surface area contributed by atoms with Crippen LogP contribution in [-0.4, -0.2) is 55.5 Å². The van der Waals surface area contributed by atoms with Crippen LogP contribution >= 0.6 is 0 Å². The van der Waals surface area contributed by atoms with Crippen LogP contribution in [0.2, 0.25) is 0 Å². The number of esters is 1. The van der Waals surface area contributed by atoms with Gasteiger partial charge in [-0.25, -0.2) is 14.9 Å². The van der Waals surface area contributed by atoms with E-state index in [1.165, 1.54) is 22.2 Å². The molecule has 1 N–H and O–H groups in total. The van der Waals surface area contributed by atoms with E-state index in [0.29, 0.717) is 43.5 Å². The fourth-order valence-corrected chi connectivity index (χ4v) is 4.51. The number of rotatable bonds is 12. The Morgan fingerprint density at radius 1 is 1.13 bits per heavy atom. The second-order valence-corrected chi connectivity index (χ2v) is 9.18. The van der Waals surface area contributed by atoms with Gasteiger partial charge in [0.2, 0.25) is 6.29 Å². The molecule has 0 saturated carbocycles. The minimum absolute atomic E-state index is 0.134. The van der Waals surface area contributed by atoms with E-state index >= 15 is 0 Å². The van der Waals surface area contributed by atoms with Crippen LogP contribution in [0.15, 0.2) is 29.4 Å². The molecule has 1 aromatic carbocycles. The van der Waals surface area contributed by atoms with Gasteiger partial charge in [0.25, 0.3) is 0 Å². The van der Waals surface area contributed by atoms with Crippen molar-refractivity contribution in [2.45, 2.75) is 84.2 Å². The summed E-state index contributed by atoms with van der Waals surface area (Å²) in [6, 6.07) is 2.12. The average Bonchev–Trinajstić information content (AvgIpc) is 2.90. The Labute approximate surface area is 226 Å². The number of alkyl halides is 3. The quantitative estimate of drug-likeness (QED) is 0.249. The van der Waals surface area contributed by atoms with Gasteiger partial charge in [-0.1, -0.05) is 20.3 Å². The van der Waals surface area contributed by atoms with Gasteiger partial charge in [-0.2, -0.15) is 13.2 Å². The zero-order valence-electron chi connectivity index (χ0n) is 22.6. The van der Waals surface area contributed by atoms with Crippen molar-refractivity contribution in [2.24, 2.45) is 4.99 Å². The Kier molecular flexibility index (Phi) is 11.0. The summed E-state index contributed by atoms with van der Waals surface area (Å²) >= 11 is 0. The standard InChI is InChI=1S/C27H37F3N4O5/c1-4-7-17-38-23(35)10-8-18-39-33-16-9-15-31-25(33)32-24-20-12-11-19(5-2)34(26(36)37-6-3)22(20)14-13-21(24)27(28,29)30/h9,13-16,19,25,32H,4-8,10-12,17-18H2,1-3H3. The Bertz CT molecular complexity index is 1050. The smallest absolute Gasteiger partial charge is 0.418 e. The highest BCUT2D eigenvalue weighted by molar-refractivity contribution is 5.92. The molecular formula is C27H37F3N4O5. The maximum absolute atomic E-state index is 14.1. The third kappa shape index (κ3) is 7.87. The maximum Gasteiger partial charge on any atom is 0.418 e. The highest BCUT2D eigenvalue weighted by atomic mass is 19.4. The molecule has 0 saturated heterocycles. The first-order valence-corrected chi connectivity index (χ1v) is 13.4. The SMILES string of the molecule is CCCCOC(=O)CCCON1C=CC=NC1Nc1c(C(F)(F)F)ccc2c1CCC(CC)N2C(=O)OCC. The fraction of sp³-hybridized carbons (Fsp3) is 0.593. The summed E-state index contributed by atoms with van der Waals surface area (Å²) in [5.41, 5.74) is -0.275. The lowest BCUT2D eigenvalue weighted by Crippen LogP contribution is -2.44. The summed E-state index contributed by atoms with van der Waals surface area (Å²) in [5, 5.41) is 4.21. The van der Waals surface area contributed by atoms with E-state index in [0.717, 1.165) is 18.9 Å². The van der Waals surface area contributed by atoms with Gasteiger partial charge >= 0.3 is 18.2 Å². The molecule has 9 nitrogen and oxygen atoms in total. The molecule has 1 amide bonds. The second kappa shape index (κ2) is 14.2. The zero-order chi connectivity index (χ0) is 28.4. The number of aliphatic imine (C=N–C) groups is 1. The number of anilines is 2. The van der Waals surface area contributed by atoms with Crippen molar-refractivity contribution in [1.29, 1.82) is 0 Å². The summed E-state index contributed by atoms with van der Waals surface area (Å²) in [5.74, 6) is -0.323. The number of hydrogen-bond acceptors (Lipinski definition) is 8. The summed E-state index contributed by atoms with van der Waals surface area (Å²) < 4.78 is 52.8. The van der Waals surface area contributed by atoms with Gasteiger partial charge in [-0.05, 0) is 62.8 Å². The van der Waals surface area contributed by atoms with Crippen molar-refractivity contribution in [3.63, 3.8) is 0 Å². The molecule has 0 bridgehead atoms. The summed E-state index contributed by atoms with van der Waals surface area (Å²) in [6.07, 6.45) is 2.07. The molecule has 1 aromatic rings. The first-order chi connectivity index (χ1) is 18.7. The van der Waals surface area contributed by atoms with E-state index in [1.54, 1.807) is 19.2 Å². The van der Waals surface area contributed by atoms with Gasteiger partial charge in [-0.3, -0.25) is 14.5 Å². The molecule has 2 unspecified atom stereocenters. The van der Waals surface area contributed by atoms with Crippen molar-refractivity contribution in [3.8, 4) is 0 Å². The third-order valence-electron chi connectivity index (χ3n) is 6.47. The number of allylic oxidation sites excluding steroid dienone is 1. The minimum atomic E-state index is -4.65. The van der Waals surface area contributed by atoms with Crippen LogP contribution in [0, 0.1) is 0 Å². The van der Waals surface area contributed by atoms with Crippen molar-refractivity contribution in [2.75, 3.05) is 30.0 Å². The summed E-state index contributed by atoms with van der Waals surface area (Å²) in [6.45, 7) is 6.27. The maximum atomic E-state index is 14.1. The first kappa shape index (κ1) is 30.3. The molecule has 0 spiro atoms. The van der Waals surface area contributed by atoms with Gasteiger partial charge in [0.05, 0.1) is 36.8 Å². The molecule has 0 aliphatic carbocycles. The number of ether oxygens (including phenoxy) is 2. The van der Waals surface area contributed by atoms with Crippen molar-refractivity contribution >= 4 is 29.7 Å². The van der Waals surface area contributed by atoms with Crippen LogP contribution in [0.1, 0.15) is 70.4 Å². The first-order valence-electron chi connectivity index (χ1n) is 13.4. The monoisotopic (exact) mass is 554 g/mol. The van der Waals surface area contributed by atoms with E-state index in [4.69, 9.17) is 14.3 Å². The number of carbonyl (C=O) groups excluding carboxylic acids is 2. The lowest BCUT2D eigenvalue weighted by molar-refractivity contribution is -0.151. The van der Waals surface area contributed by atoms with Gasteiger partial charge in [-0.15, -0.1) is 0 Å². The van der Waals surface area contributed by atoms with E-state index in [2.05, 4.69) is 10.3 Å². The van der Waals surface area contributed by atoms with Crippen LogP contribution in [-0.2, 0) is 31.7 Å². The number of amides is 1. The van der Waals surface area contributed by atoms with E-state index in [9.17, 15) is 22.8 Å². The van der Waals surface area contributed by atoms with Crippen LogP contribution in [0.25, 0.3) is 0 Å². The molecule has 3 rings (SSSR count). The number of carbonyl (C=O) groups is 2. The molecule has 12 heteroatoms.